The van der Waals surface area contributed by atoms with Crippen LogP contribution >= 0.6 is 0 Å². The lowest BCUT2D eigenvalue weighted by atomic mass is 10.0. The molecule has 142 valence electrons. The average molecular weight is 374 g/mol. The van der Waals surface area contributed by atoms with Crippen LogP contribution in [0.2, 0.25) is 0 Å². The maximum Gasteiger partial charge on any atom is 0.253 e. The van der Waals surface area contributed by atoms with Crippen LogP contribution < -0.4 is 5.32 Å². The minimum absolute atomic E-state index is 0.0246. The number of likely N-dealkylation sites (tertiary alicyclic amines) is 1. The van der Waals surface area contributed by atoms with E-state index in [1.54, 1.807) is 4.90 Å². The number of carbonyl (C=O) groups excluding carboxylic acids is 2. The lowest BCUT2D eigenvalue weighted by molar-refractivity contribution is -0.119. The van der Waals surface area contributed by atoms with Crippen LogP contribution in [0.5, 0.6) is 0 Å². The summed E-state index contributed by atoms with van der Waals surface area (Å²) in [6, 6.07) is 15.6. The Morgan fingerprint density at radius 3 is 2.64 bits per heavy atom. The molecule has 0 bridgehead atoms. The first-order valence-corrected chi connectivity index (χ1v) is 9.42. The van der Waals surface area contributed by atoms with Crippen LogP contribution in [0, 0.1) is 6.92 Å². The quantitative estimate of drug-likeness (QED) is 0.765. The van der Waals surface area contributed by atoms with E-state index in [1.165, 1.54) is 6.92 Å². The molecule has 6 nitrogen and oxygen atoms in total. The molecule has 28 heavy (non-hydrogen) atoms. The van der Waals surface area contributed by atoms with E-state index in [-0.39, 0.29) is 17.9 Å². The van der Waals surface area contributed by atoms with Crippen molar-refractivity contribution < 1.29 is 9.59 Å². The van der Waals surface area contributed by atoms with Gasteiger partial charge < -0.3 is 10.2 Å². The summed E-state index contributed by atoms with van der Waals surface area (Å²) >= 11 is 0. The van der Waals surface area contributed by atoms with Gasteiger partial charge in [0.25, 0.3) is 5.91 Å². The Hall–Kier alpha value is -3.28. The van der Waals surface area contributed by atoms with Gasteiger partial charge in [0, 0.05) is 48.0 Å². The molecular formula is C22H22N4O2. The molecule has 1 aromatic heterocycles. The summed E-state index contributed by atoms with van der Waals surface area (Å²) in [5.41, 5.74) is 3.14. The lowest BCUT2D eigenvalue weighted by Gasteiger charge is -2.17. The van der Waals surface area contributed by atoms with E-state index in [2.05, 4.69) is 15.5 Å². The first-order chi connectivity index (χ1) is 13.5. The molecule has 1 fully saturated rings. The standard InChI is InChI=1S/C22H22N4O2/c1-14-19-8-3-4-9-20(19)21(25-24-14)16-6-5-7-17(12-16)22(28)26-11-10-18(13-26)23-15(2)27/h3-9,12,18H,10-11,13H2,1-2H3,(H,23,27)/t18-/m0/s1. The van der Waals surface area contributed by atoms with Crippen LogP contribution in [0.25, 0.3) is 22.0 Å². The first kappa shape index (κ1) is 18.1. The molecule has 6 heteroatoms. The number of amides is 2. The Kier molecular flexibility index (Phi) is 4.77. The second-order valence-electron chi connectivity index (χ2n) is 7.20. The van der Waals surface area contributed by atoms with Gasteiger partial charge in [0.05, 0.1) is 5.69 Å². The molecule has 0 radical (unpaired) electrons. The number of aromatic nitrogens is 2. The summed E-state index contributed by atoms with van der Waals surface area (Å²) in [6.07, 6.45) is 0.777. The van der Waals surface area contributed by atoms with Crippen LogP contribution in [0.4, 0.5) is 0 Å². The zero-order valence-corrected chi connectivity index (χ0v) is 16.0. The third-order valence-electron chi connectivity index (χ3n) is 5.14. The molecule has 1 aliphatic heterocycles. The fourth-order valence-corrected chi connectivity index (χ4v) is 3.78. The minimum atomic E-state index is -0.0638. The maximum absolute atomic E-state index is 13.0. The van der Waals surface area contributed by atoms with Crippen molar-refractivity contribution in [2.24, 2.45) is 0 Å². The zero-order chi connectivity index (χ0) is 19.7. The number of aryl methyl sites for hydroxylation is 1. The SMILES string of the molecule is CC(=O)N[C@H]1CCN(C(=O)c2cccc(-c3nnc(C)c4ccccc34)c2)C1. The fourth-order valence-electron chi connectivity index (χ4n) is 3.78. The summed E-state index contributed by atoms with van der Waals surface area (Å²) in [4.78, 5) is 26.0. The Labute approximate surface area is 163 Å². The van der Waals surface area contributed by atoms with Crippen LogP contribution in [0.1, 0.15) is 29.4 Å². The molecule has 1 atom stereocenters. The largest absolute Gasteiger partial charge is 0.352 e. The number of hydrogen-bond acceptors (Lipinski definition) is 4. The highest BCUT2D eigenvalue weighted by Gasteiger charge is 2.27. The molecule has 4 rings (SSSR count). The summed E-state index contributed by atoms with van der Waals surface area (Å²) in [6.45, 7) is 4.62. The second-order valence-corrected chi connectivity index (χ2v) is 7.20. The molecule has 0 spiro atoms. The molecular weight excluding hydrogens is 352 g/mol. The Bertz CT molecular complexity index is 1060. The summed E-state index contributed by atoms with van der Waals surface area (Å²) in [5.74, 6) is -0.0924. The average Bonchev–Trinajstić information content (AvgIpc) is 3.16. The van der Waals surface area contributed by atoms with E-state index in [0.717, 1.165) is 34.1 Å². The topological polar surface area (TPSA) is 75.2 Å². The van der Waals surface area contributed by atoms with Gasteiger partial charge in [-0.1, -0.05) is 36.4 Å². The Morgan fingerprint density at radius 1 is 1.07 bits per heavy atom. The molecule has 1 aliphatic rings. The zero-order valence-electron chi connectivity index (χ0n) is 16.0. The van der Waals surface area contributed by atoms with Gasteiger partial charge in [-0.15, -0.1) is 5.10 Å². The number of hydrogen-bond donors (Lipinski definition) is 1. The van der Waals surface area contributed by atoms with E-state index in [1.807, 2.05) is 55.5 Å². The second kappa shape index (κ2) is 7.38. The number of nitrogens with one attached hydrogen (secondary N) is 1. The molecule has 3 aromatic rings. The van der Waals surface area contributed by atoms with Crippen molar-refractivity contribution in [3.05, 3.63) is 59.8 Å². The van der Waals surface area contributed by atoms with Crippen molar-refractivity contribution in [2.45, 2.75) is 26.3 Å². The summed E-state index contributed by atoms with van der Waals surface area (Å²) in [7, 11) is 0. The van der Waals surface area contributed by atoms with Crippen molar-refractivity contribution in [3.63, 3.8) is 0 Å². The molecule has 0 saturated carbocycles. The molecule has 1 saturated heterocycles. The molecule has 2 amide bonds. The molecule has 0 unspecified atom stereocenters. The van der Waals surface area contributed by atoms with Gasteiger partial charge in [-0.2, -0.15) is 5.10 Å². The van der Waals surface area contributed by atoms with Crippen molar-refractivity contribution in [1.82, 2.24) is 20.4 Å². The van der Waals surface area contributed by atoms with Crippen LogP contribution in [0.15, 0.2) is 48.5 Å². The Morgan fingerprint density at radius 2 is 1.86 bits per heavy atom. The monoisotopic (exact) mass is 374 g/mol. The number of rotatable bonds is 3. The normalized spacial score (nSPS) is 16.4. The molecule has 2 aromatic carbocycles. The minimum Gasteiger partial charge on any atom is -0.352 e. The highest BCUT2D eigenvalue weighted by Crippen LogP contribution is 2.28. The van der Waals surface area contributed by atoms with E-state index in [9.17, 15) is 9.59 Å². The smallest absolute Gasteiger partial charge is 0.253 e. The van der Waals surface area contributed by atoms with Gasteiger partial charge in [0.2, 0.25) is 5.91 Å². The predicted molar refractivity (Wildman–Crippen MR) is 108 cm³/mol. The van der Waals surface area contributed by atoms with E-state index in [4.69, 9.17) is 0 Å². The van der Waals surface area contributed by atoms with Crippen molar-refractivity contribution in [3.8, 4) is 11.3 Å². The van der Waals surface area contributed by atoms with Gasteiger partial charge in [0.15, 0.2) is 0 Å². The van der Waals surface area contributed by atoms with Gasteiger partial charge in [0.1, 0.15) is 5.69 Å². The fraction of sp³-hybridized carbons (Fsp3) is 0.273. The van der Waals surface area contributed by atoms with Crippen molar-refractivity contribution >= 4 is 22.6 Å². The van der Waals surface area contributed by atoms with Gasteiger partial charge >= 0.3 is 0 Å². The highest BCUT2D eigenvalue weighted by atomic mass is 16.2. The van der Waals surface area contributed by atoms with Crippen LogP contribution in [0.3, 0.4) is 0 Å². The van der Waals surface area contributed by atoms with Crippen molar-refractivity contribution in [1.29, 1.82) is 0 Å². The molecule has 1 N–H and O–H groups in total. The van der Waals surface area contributed by atoms with Crippen LogP contribution in [-0.4, -0.2) is 46.0 Å². The first-order valence-electron chi connectivity index (χ1n) is 9.42. The van der Waals surface area contributed by atoms with Gasteiger partial charge in [-0.25, -0.2) is 0 Å². The number of nitrogens with zero attached hydrogens (tertiary/aromatic N) is 3. The van der Waals surface area contributed by atoms with E-state index < -0.39 is 0 Å². The third-order valence-corrected chi connectivity index (χ3v) is 5.14. The lowest BCUT2D eigenvalue weighted by Crippen LogP contribution is -2.37. The van der Waals surface area contributed by atoms with E-state index in [0.29, 0.717) is 18.7 Å². The maximum atomic E-state index is 13.0. The highest BCUT2D eigenvalue weighted by molar-refractivity contribution is 5.99. The van der Waals surface area contributed by atoms with Gasteiger partial charge in [-0.05, 0) is 25.5 Å². The van der Waals surface area contributed by atoms with E-state index >= 15 is 0 Å². The van der Waals surface area contributed by atoms with Crippen molar-refractivity contribution in [2.75, 3.05) is 13.1 Å². The summed E-state index contributed by atoms with van der Waals surface area (Å²) in [5, 5.41) is 13.7. The number of fused-ring (bicyclic) bond motifs is 1. The van der Waals surface area contributed by atoms with Crippen LogP contribution in [-0.2, 0) is 4.79 Å². The number of carbonyl (C=O) groups is 2. The Balaban J connectivity index is 1.63. The number of benzene rings is 2. The molecule has 0 aliphatic carbocycles. The van der Waals surface area contributed by atoms with Gasteiger partial charge in [-0.3, -0.25) is 9.59 Å². The summed E-state index contributed by atoms with van der Waals surface area (Å²) < 4.78 is 0. The third kappa shape index (κ3) is 3.45. The molecule has 2 heterocycles. The predicted octanol–water partition coefficient (Wildman–Crippen LogP) is 2.96.